The van der Waals surface area contributed by atoms with E-state index in [0.717, 1.165) is 6.07 Å². The Labute approximate surface area is 107 Å². The molecule has 1 saturated heterocycles. The molecule has 2 amide bonds. The first kappa shape index (κ1) is 13.0. The summed E-state index contributed by atoms with van der Waals surface area (Å²) in [5.41, 5.74) is -0.468. The molecule has 1 aromatic carbocycles. The molecule has 1 N–H and O–H groups in total. The van der Waals surface area contributed by atoms with Crippen molar-refractivity contribution in [3.8, 4) is 0 Å². The van der Waals surface area contributed by atoms with E-state index in [0.29, 0.717) is 18.7 Å². The Morgan fingerprint density at radius 3 is 2.67 bits per heavy atom. The van der Waals surface area contributed by atoms with E-state index >= 15 is 0 Å². The zero-order chi connectivity index (χ0) is 13.3. The first-order valence-electron chi connectivity index (χ1n) is 5.26. The Hall–Kier alpha value is -1.43. The van der Waals surface area contributed by atoms with Crippen LogP contribution in [0.2, 0.25) is 5.02 Å². The third-order valence-corrected chi connectivity index (χ3v) is 2.98. The van der Waals surface area contributed by atoms with Gasteiger partial charge in [0.1, 0.15) is 0 Å². The summed E-state index contributed by atoms with van der Waals surface area (Å²) < 4.78 is 37.9. The average Bonchev–Trinajstić information content (AvgIpc) is 2.66. The lowest BCUT2D eigenvalue weighted by Crippen LogP contribution is -2.27. The summed E-state index contributed by atoms with van der Waals surface area (Å²) in [6.07, 6.45) is -4.49. The molecule has 18 heavy (non-hydrogen) atoms. The molecule has 0 bridgehead atoms. The second-order valence-electron chi connectivity index (χ2n) is 3.97. The molecular weight excluding hydrogens is 269 g/mol. The van der Waals surface area contributed by atoms with Crippen LogP contribution in [0.3, 0.4) is 0 Å². The van der Waals surface area contributed by atoms with Gasteiger partial charge < -0.3 is 10.2 Å². The van der Waals surface area contributed by atoms with E-state index in [1.165, 1.54) is 17.0 Å². The number of benzene rings is 1. The Balaban J connectivity index is 2.22. The molecule has 1 fully saturated rings. The highest BCUT2D eigenvalue weighted by atomic mass is 35.5. The van der Waals surface area contributed by atoms with Crippen molar-refractivity contribution in [2.45, 2.75) is 12.7 Å². The highest BCUT2D eigenvalue weighted by molar-refractivity contribution is 6.31. The molecule has 0 radical (unpaired) electrons. The quantitative estimate of drug-likeness (QED) is 0.886. The highest BCUT2D eigenvalue weighted by Crippen LogP contribution is 2.35. The third-order valence-electron chi connectivity index (χ3n) is 2.65. The SMILES string of the molecule is O=C1NCCN1Cc1ccc(Cl)c(C(F)(F)F)c1. The summed E-state index contributed by atoms with van der Waals surface area (Å²) in [6.45, 7) is 1.15. The van der Waals surface area contributed by atoms with Crippen LogP contribution in [0.1, 0.15) is 11.1 Å². The number of halogens is 4. The van der Waals surface area contributed by atoms with Crippen LogP contribution in [0.5, 0.6) is 0 Å². The highest BCUT2D eigenvalue weighted by Gasteiger charge is 2.33. The molecule has 1 aromatic rings. The number of urea groups is 1. The standard InChI is InChI=1S/C11H10ClF3N2O/c12-9-2-1-7(5-8(9)11(13,14)15)6-17-4-3-16-10(17)18/h1-2,5H,3-4,6H2,(H,16,18). The van der Waals surface area contributed by atoms with Crippen molar-refractivity contribution >= 4 is 17.6 Å². The minimum absolute atomic E-state index is 0.145. The van der Waals surface area contributed by atoms with Crippen LogP contribution in [0.15, 0.2) is 18.2 Å². The minimum atomic E-state index is -4.49. The molecule has 0 saturated carbocycles. The predicted molar refractivity (Wildman–Crippen MR) is 60.3 cm³/mol. The third kappa shape index (κ3) is 2.69. The van der Waals surface area contributed by atoms with E-state index in [4.69, 9.17) is 11.6 Å². The molecular formula is C11H10ClF3N2O. The van der Waals surface area contributed by atoms with Gasteiger partial charge in [0.25, 0.3) is 0 Å². The van der Waals surface area contributed by atoms with Crippen LogP contribution >= 0.6 is 11.6 Å². The summed E-state index contributed by atoms with van der Waals surface area (Å²) >= 11 is 5.51. The van der Waals surface area contributed by atoms with E-state index in [2.05, 4.69) is 5.32 Å². The molecule has 0 unspecified atom stereocenters. The molecule has 0 aliphatic carbocycles. The van der Waals surface area contributed by atoms with Crippen LogP contribution in [0, 0.1) is 0 Å². The average molecular weight is 279 g/mol. The van der Waals surface area contributed by atoms with Crippen molar-refractivity contribution in [3.63, 3.8) is 0 Å². The number of carbonyl (C=O) groups excluding carboxylic acids is 1. The smallest absolute Gasteiger partial charge is 0.336 e. The van der Waals surface area contributed by atoms with Gasteiger partial charge in [-0.2, -0.15) is 13.2 Å². The first-order valence-corrected chi connectivity index (χ1v) is 5.64. The van der Waals surface area contributed by atoms with Gasteiger partial charge in [-0.15, -0.1) is 0 Å². The molecule has 7 heteroatoms. The summed E-state index contributed by atoms with van der Waals surface area (Å²) in [4.78, 5) is 12.7. The number of rotatable bonds is 2. The van der Waals surface area contributed by atoms with Crippen molar-refractivity contribution in [2.24, 2.45) is 0 Å². The van der Waals surface area contributed by atoms with Gasteiger partial charge in [0.05, 0.1) is 10.6 Å². The lowest BCUT2D eigenvalue weighted by atomic mass is 10.1. The number of amides is 2. The fourth-order valence-electron chi connectivity index (χ4n) is 1.77. The molecule has 3 nitrogen and oxygen atoms in total. The van der Waals surface area contributed by atoms with Gasteiger partial charge >= 0.3 is 12.2 Å². The first-order chi connectivity index (χ1) is 8.38. The van der Waals surface area contributed by atoms with E-state index in [-0.39, 0.29) is 17.6 Å². The maximum Gasteiger partial charge on any atom is 0.417 e. The molecule has 1 aliphatic rings. The van der Waals surface area contributed by atoms with Crippen molar-refractivity contribution in [1.82, 2.24) is 10.2 Å². The Morgan fingerprint density at radius 1 is 1.39 bits per heavy atom. The maximum absolute atomic E-state index is 12.6. The van der Waals surface area contributed by atoms with Crippen LogP contribution in [0.25, 0.3) is 0 Å². The Bertz CT molecular complexity index is 476. The van der Waals surface area contributed by atoms with Crippen LogP contribution < -0.4 is 5.32 Å². The van der Waals surface area contributed by atoms with Crippen molar-refractivity contribution in [3.05, 3.63) is 34.3 Å². The van der Waals surface area contributed by atoms with Gasteiger partial charge in [-0.25, -0.2) is 4.79 Å². The van der Waals surface area contributed by atoms with E-state index in [1.54, 1.807) is 0 Å². The summed E-state index contributed by atoms with van der Waals surface area (Å²) in [7, 11) is 0. The molecule has 0 aromatic heterocycles. The summed E-state index contributed by atoms with van der Waals surface area (Å²) in [6, 6.07) is 3.41. The molecule has 1 heterocycles. The number of alkyl halides is 3. The van der Waals surface area contributed by atoms with Crippen molar-refractivity contribution in [1.29, 1.82) is 0 Å². The topological polar surface area (TPSA) is 32.3 Å². The summed E-state index contributed by atoms with van der Waals surface area (Å²) in [5.74, 6) is 0. The number of carbonyl (C=O) groups is 1. The van der Waals surface area contributed by atoms with E-state index in [9.17, 15) is 18.0 Å². The van der Waals surface area contributed by atoms with Gasteiger partial charge in [0, 0.05) is 19.6 Å². The van der Waals surface area contributed by atoms with Crippen LogP contribution in [-0.2, 0) is 12.7 Å². The van der Waals surface area contributed by atoms with Crippen molar-refractivity contribution < 1.29 is 18.0 Å². The van der Waals surface area contributed by atoms with Gasteiger partial charge in [0.2, 0.25) is 0 Å². The van der Waals surface area contributed by atoms with Crippen LogP contribution in [0.4, 0.5) is 18.0 Å². The molecule has 1 aliphatic heterocycles. The zero-order valence-corrected chi connectivity index (χ0v) is 9.98. The van der Waals surface area contributed by atoms with Gasteiger partial charge in [0.15, 0.2) is 0 Å². The normalized spacial score (nSPS) is 16.0. The number of hydrogen-bond acceptors (Lipinski definition) is 1. The largest absolute Gasteiger partial charge is 0.417 e. The van der Waals surface area contributed by atoms with Crippen molar-refractivity contribution in [2.75, 3.05) is 13.1 Å². The minimum Gasteiger partial charge on any atom is -0.336 e. The van der Waals surface area contributed by atoms with Crippen LogP contribution in [-0.4, -0.2) is 24.0 Å². The van der Waals surface area contributed by atoms with E-state index in [1.807, 2.05) is 0 Å². The predicted octanol–water partition coefficient (Wildman–Crippen LogP) is 2.88. The molecule has 0 spiro atoms. The molecule has 0 atom stereocenters. The van der Waals surface area contributed by atoms with Gasteiger partial charge in [-0.05, 0) is 17.7 Å². The number of hydrogen-bond donors (Lipinski definition) is 1. The van der Waals surface area contributed by atoms with Gasteiger partial charge in [-0.3, -0.25) is 0 Å². The monoisotopic (exact) mass is 278 g/mol. The fraction of sp³-hybridized carbons (Fsp3) is 0.364. The zero-order valence-electron chi connectivity index (χ0n) is 9.22. The summed E-state index contributed by atoms with van der Waals surface area (Å²) in [5, 5.41) is 2.25. The number of nitrogens with zero attached hydrogens (tertiary/aromatic N) is 1. The number of nitrogens with one attached hydrogen (secondary N) is 1. The maximum atomic E-state index is 12.6. The molecule has 2 rings (SSSR count). The van der Waals surface area contributed by atoms with E-state index < -0.39 is 11.7 Å². The Kier molecular flexibility index (Phi) is 3.38. The second kappa shape index (κ2) is 4.68. The molecule has 98 valence electrons. The second-order valence-corrected chi connectivity index (χ2v) is 4.37. The Morgan fingerprint density at radius 2 is 2.11 bits per heavy atom. The fourth-order valence-corrected chi connectivity index (χ4v) is 2.00. The van der Waals surface area contributed by atoms with Gasteiger partial charge in [-0.1, -0.05) is 17.7 Å². The lowest BCUT2D eigenvalue weighted by Gasteiger charge is -2.16. The lowest BCUT2D eigenvalue weighted by molar-refractivity contribution is -0.137.